The Hall–Kier alpha value is -1.40. The number of hydrogen-bond acceptors (Lipinski definition) is 3. The van der Waals surface area contributed by atoms with Gasteiger partial charge in [-0.05, 0) is 37.6 Å². The van der Waals surface area contributed by atoms with Crippen molar-refractivity contribution < 1.29 is 14.7 Å². The average Bonchev–Trinajstić information content (AvgIpc) is 2.29. The molecule has 3 N–H and O–H groups in total. The van der Waals surface area contributed by atoms with Gasteiger partial charge in [0.2, 0.25) is 0 Å². The summed E-state index contributed by atoms with van der Waals surface area (Å²) in [4.78, 5) is 22.9. The van der Waals surface area contributed by atoms with Crippen LogP contribution in [0.25, 0.3) is 0 Å². The van der Waals surface area contributed by atoms with E-state index in [0.717, 1.165) is 10.0 Å². The van der Waals surface area contributed by atoms with E-state index in [2.05, 4.69) is 26.6 Å². The molecular formula is C12H15BrN2O3. The molecule has 18 heavy (non-hydrogen) atoms. The molecule has 0 aliphatic heterocycles. The minimum absolute atomic E-state index is 0.0472. The van der Waals surface area contributed by atoms with E-state index in [1.807, 2.05) is 13.0 Å². The lowest BCUT2D eigenvalue weighted by atomic mass is 10.2. The molecule has 6 heteroatoms. The molecule has 0 unspecified atom stereocenters. The molecule has 0 fully saturated rings. The van der Waals surface area contributed by atoms with Gasteiger partial charge in [-0.3, -0.25) is 9.59 Å². The highest BCUT2D eigenvalue weighted by Gasteiger charge is 2.14. The van der Waals surface area contributed by atoms with Crippen LogP contribution < -0.4 is 10.6 Å². The van der Waals surface area contributed by atoms with Crippen molar-refractivity contribution in [2.24, 2.45) is 0 Å². The lowest BCUT2D eigenvalue weighted by Gasteiger charge is -2.09. The summed E-state index contributed by atoms with van der Waals surface area (Å²) in [5.74, 6) is -1.51. The molecule has 98 valence electrons. The van der Waals surface area contributed by atoms with Crippen molar-refractivity contribution in [2.45, 2.75) is 20.0 Å². The van der Waals surface area contributed by atoms with Crippen molar-refractivity contribution in [1.82, 2.24) is 5.32 Å². The van der Waals surface area contributed by atoms with Crippen molar-refractivity contribution in [3.05, 3.63) is 28.2 Å². The zero-order valence-electron chi connectivity index (χ0n) is 10.2. The van der Waals surface area contributed by atoms with E-state index in [9.17, 15) is 9.59 Å². The number of aliphatic hydroxyl groups excluding tert-OH is 1. The summed E-state index contributed by atoms with van der Waals surface area (Å²) >= 11 is 3.31. The van der Waals surface area contributed by atoms with Crippen molar-refractivity contribution in [3.63, 3.8) is 0 Å². The topological polar surface area (TPSA) is 78.4 Å². The Morgan fingerprint density at radius 1 is 1.39 bits per heavy atom. The van der Waals surface area contributed by atoms with Crippen LogP contribution in [0.3, 0.4) is 0 Å². The molecule has 1 aromatic carbocycles. The molecule has 0 radical (unpaired) electrons. The molecule has 1 aromatic rings. The number of hydrogen-bond donors (Lipinski definition) is 3. The molecule has 0 spiro atoms. The third-order valence-electron chi connectivity index (χ3n) is 2.20. The number of carbonyl (C=O) groups excluding carboxylic acids is 2. The zero-order valence-corrected chi connectivity index (χ0v) is 11.7. The minimum atomic E-state index is -0.766. The van der Waals surface area contributed by atoms with Gasteiger partial charge in [0.15, 0.2) is 0 Å². The van der Waals surface area contributed by atoms with Gasteiger partial charge in [0.1, 0.15) is 0 Å². The summed E-state index contributed by atoms with van der Waals surface area (Å²) in [5.41, 5.74) is 1.43. The predicted octanol–water partition coefficient (Wildman–Crippen LogP) is 1.19. The molecule has 0 saturated heterocycles. The maximum Gasteiger partial charge on any atom is 0.313 e. The van der Waals surface area contributed by atoms with Crippen molar-refractivity contribution in [3.8, 4) is 0 Å². The Balaban J connectivity index is 2.61. The Labute approximate surface area is 114 Å². The Morgan fingerprint density at radius 3 is 2.61 bits per heavy atom. The number of benzene rings is 1. The molecule has 0 saturated carbocycles. The first-order valence-electron chi connectivity index (χ1n) is 5.43. The first kappa shape index (κ1) is 14.7. The molecule has 0 aromatic heterocycles. The van der Waals surface area contributed by atoms with Crippen LogP contribution in [-0.2, 0) is 9.59 Å². The molecule has 0 bridgehead atoms. The van der Waals surface area contributed by atoms with Crippen LogP contribution in [-0.4, -0.2) is 29.6 Å². The van der Waals surface area contributed by atoms with Crippen LogP contribution in [0.15, 0.2) is 22.7 Å². The number of aliphatic hydroxyl groups is 1. The number of anilines is 1. The van der Waals surface area contributed by atoms with E-state index in [-0.39, 0.29) is 6.54 Å². The summed E-state index contributed by atoms with van der Waals surface area (Å²) in [5, 5.41) is 13.8. The SMILES string of the molecule is Cc1cc(Br)ccc1NC(=O)C(=O)NC[C@@H](C)O. The Morgan fingerprint density at radius 2 is 2.06 bits per heavy atom. The second kappa shape index (κ2) is 6.51. The van der Waals surface area contributed by atoms with Crippen molar-refractivity contribution >= 4 is 33.4 Å². The van der Waals surface area contributed by atoms with E-state index in [1.54, 1.807) is 12.1 Å². The number of aryl methyl sites for hydroxylation is 1. The van der Waals surface area contributed by atoms with Crippen LogP contribution >= 0.6 is 15.9 Å². The quantitative estimate of drug-likeness (QED) is 0.733. The Bertz CT molecular complexity index is 461. The van der Waals surface area contributed by atoms with Gasteiger partial charge in [-0.15, -0.1) is 0 Å². The van der Waals surface area contributed by atoms with Gasteiger partial charge in [-0.2, -0.15) is 0 Å². The third kappa shape index (κ3) is 4.46. The van der Waals surface area contributed by atoms with Gasteiger partial charge in [-0.1, -0.05) is 15.9 Å². The van der Waals surface area contributed by atoms with E-state index in [1.165, 1.54) is 6.92 Å². The number of carbonyl (C=O) groups is 2. The smallest absolute Gasteiger partial charge is 0.313 e. The van der Waals surface area contributed by atoms with Gasteiger partial charge in [-0.25, -0.2) is 0 Å². The fourth-order valence-corrected chi connectivity index (χ4v) is 1.74. The largest absolute Gasteiger partial charge is 0.392 e. The minimum Gasteiger partial charge on any atom is -0.392 e. The number of amides is 2. The average molecular weight is 315 g/mol. The normalized spacial score (nSPS) is 11.8. The Kier molecular flexibility index (Phi) is 5.30. The van der Waals surface area contributed by atoms with Gasteiger partial charge in [0.25, 0.3) is 0 Å². The molecule has 0 aliphatic carbocycles. The summed E-state index contributed by atoms with van der Waals surface area (Å²) in [6.07, 6.45) is -0.684. The number of nitrogens with one attached hydrogen (secondary N) is 2. The molecule has 1 atom stereocenters. The molecule has 5 nitrogen and oxygen atoms in total. The van der Waals surface area contributed by atoms with Gasteiger partial charge in [0.05, 0.1) is 6.10 Å². The molecule has 2 amide bonds. The lowest BCUT2D eigenvalue weighted by Crippen LogP contribution is -2.38. The van der Waals surface area contributed by atoms with E-state index in [0.29, 0.717) is 5.69 Å². The molecule has 0 aliphatic rings. The first-order valence-corrected chi connectivity index (χ1v) is 6.23. The maximum atomic E-state index is 11.5. The van der Waals surface area contributed by atoms with Crippen LogP contribution in [0, 0.1) is 6.92 Å². The predicted molar refractivity (Wildman–Crippen MR) is 72.2 cm³/mol. The van der Waals surface area contributed by atoms with Crippen molar-refractivity contribution in [2.75, 3.05) is 11.9 Å². The first-order chi connectivity index (χ1) is 8.40. The maximum absolute atomic E-state index is 11.5. The highest BCUT2D eigenvalue weighted by molar-refractivity contribution is 9.10. The van der Waals surface area contributed by atoms with E-state index < -0.39 is 17.9 Å². The van der Waals surface area contributed by atoms with Crippen LogP contribution in [0.4, 0.5) is 5.69 Å². The molecule has 0 heterocycles. The van der Waals surface area contributed by atoms with Crippen molar-refractivity contribution in [1.29, 1.82) is 0 Å². The summed E-state index contributed by atoms with van der Waals surface area (Å²) in [7, 11) is 0. The van der Waals surface area contributed by atoms with E-state index in [4.69, 9.17) is 5.11 Å². The fourth-order valence-electron chi connectivity index (χ4n) is 1.27. The summed E-state index contributed by atoms with van der Waals surface area (Å²) in [6.45, 7) is 3.40. The van der Waals surface area contributed by atoms with Crippen LogP contribution in [0.1, 0.15) is 12.5 Å². The zero-order chi connectivity index (χ0) is 13.7. The van der Waals surface area contributed by atoms with Gasteiger partial charge in [0, 0.05) is 16.7 Å². The van der Waals surface area contributed by atoms with Gasteiger partial charge >= 0.3 is 11.8 Å². The fraction of sp³-hybridized carbons (Fsp3) is 0.333. The monoisotopic (exact) mass is 314 g/mol. The van der Waals surface area contributed by atoms with Gasteiger partial charge < -0.3 is 15.7 Å². The highest BCUT2D eigenvalue weighted by Crippen LogP contribution is 2.19. The second-order valence-electron chi connectivity index (χ2n) is 3.97. The lowest BCUT2D eigenvalue weighted by molar-refractivity contribution is -0.136. The molecule has 1 rings (SSSR count). The number of halogens is 1. The third-order valence-corrected chi connectivity index (χ3v) is 2.69. The number of rotatable bonds is 3. The van der Waals surface area contributed by atoms with E-state index >= 15 is 0 Å². The molecular weight excluding hydrogens is 300 g/mol. The summed E-state index contributed by atoms with van der Waals surface area (Å²) < 4.78 is 0.900. The second-order valence-corrected chi connectivity index (χ2v) is 4.89. The van der Waals surface area contributed by atoms with Crippen LogP contribution in [0.5, 0.6) is 0 Å². The van der Waals surface area contributed by atoms with Crippen LogP contribution in [0.2, 0.25) is 0 Å². The standard InChI is InChI=1S/C12H15BrN2O3/c1-7-5-9(13)3-4-10(7)15-12(18)11(17)14-6-8(2)16/h3-5,8,16H,6H2,1-2H3,(H,14,17)(H,15,18)/t8-/m1/s1. The highest BCUT2D eigenvalue weighted by atomic mass is 79.9. The summed E-state index contributed by atoms with van der Waals surface area (Å²) in [6, 6.07) is 5.32.